The number of hydrogen-bond acceptors (Lipinski definition) is 2. The molecule has 0 bridgehead atoms. The summed E-state index contributed by atoms with van der Waals surface area (Å²) >= 11 is 2.24. The van der Waals surface area contributed by atoms with E-state index in [4.69, 9.17) is 0 Å². The van der Waals surface area contributed by atoms with E-state index in [2.05, 4.69) is 70.9 Å². The van der Waals surface area contributed by atoms with Crippen molar-refractivity contribution in [3.63, 3.8) is 0 Å². The monoisotopic (exact) mass is 436 g/mol. The van der Waals surface area contributed by atoms with Crippen LogP contribution in [-0.4, -0.2) is 23.9 Å². The average Bonchev–Trinajstić information content (AvgIpc) is 2.60. The van der Waals surface area contributed by atoms with E-state index >= 15 is 0 Å². The van der Waals surface area contributed by atoms with Crippen molar-refractivity contribution in [2.45, 2.75) is 33.9 Å². The minimum atomic E-state index is -0.0164. The first-order valence-electron chi connectivity index (χ1n) is 8.38. The highest BCUT2D eigenvalue weighted by molar-refractivity contribution is 14.1. The molecule has 0 aliphatic carbocycles. The number of aryl methyl sites for hydroxylation is 1. The van der Waals surface area contributed by atoms with Gasteiger partial charge in [0, 0.05) is 16.7 Å². The molecule has 0 unspecified atom stereocenters. The Kier molecular flexibility index (Phi) is 7.24. The summed E-state index contributed by atoms with van der Waals surface area (Å²) in [4.78, 5) is 14.8. The van der Waals surface area contributed by atoms with E-state index < -0.39 is 0 Å². The van der Waals surface area contributed by atoms with E-state index in [0.717, 1.165) is 39.9 Å². The molecule has 0 aliphatic rings. The zero-order valence-electron chi connectivity index (χ0n) is 14.6. The highest BCUT2D eigenvalue weighted by atomic mass is 127. The average molecular weight is 436 g/mol. The van der Waals surface area contributed by atoms with Crippen LogP contribution < -0.4 is 5.32 Å². The van der Waals surface area contributed by atoms with Crippen molar-refractivity contribution in [1.82, 2.24) is 10.2 Å². The molecule has 24 heavy (non-hydrogen) atoms. The van der Waals surface area contributed by atoms with Gasteiger partial charge in [-0.25, -0.2) is 0 Å². The SMILES string of the molecule is CCN(CC)Cc1cccc(CNC(=O)c2cccc(C)c2I)c1. The molecule has 0 spiro atoms. The van der Waals surface area contributed by atoms with Crippen LogP contribution in [0.2, 0.25) is 0 Å². The second kappa shape index (κ2) is 9.18. The Morgan fingerprint density at radius 1 is 1.08 bits per heavy atom. The van der Waals surface area contributed by atoms with Crippen molar-refractivity contribution in [3.8, 4) is 0 Å². The lowest BCUT2D eigenvalue weighted by Gasteiger charge is -2.18. The van der Waals surface area contributed by atoms with Gasteiger partial charge in [0.2, 0.25) is 0 Å². The molecular weight excluding hydrogens is 411 g/mol. The lowest BCUT2D eigenvalue weighted by atomic mass is 10.1. The van der Waals surface area contributed by atoms with Gasteiger partial charge in [-0.15, -0.1) is 0 Å². The molecule has 0 fully saturated rings. The fourth-order valence-electron chi connectivity index (χ4n) is 2.64. The van der Waals surface area contributed by atoms with Crippen LogP contribution in [0.5, 0.6) is 0 Å². The maximum atomic E-state index is 12.4. The van der Waals surface area contributed by atoms with Crippen LogP contribution in [0.3, 0.4) is 0 Å². The molecule has 2 aromatic carbocycles. The third-order valence-electron chi connectivity index (χ3n) is 4.18. The van der Waals surface area contributed by atoms with Crippen LogP contribution in [0, 0.1) is 10.5 Å². The van der Waals surface area contributed by atoms with E-state index in [9.17, 15) is 4.79 Å². The summed E-state index contributed by atoms with van der Waals surface area (Å²) in [5, 5.41) is 3.03. The number of halogens is 1. The van der Waals surface area contributed by atoms with Gasteiger partial charge in [0.15, 0.2) is 0 Å². The van der Waals surface area contributed by atoms with E-state index in [-0.39, 0.29) is 5.91 Å². The lowest BCUT2D eigenvalue weighted by molar-refractivity contribution is 0.0950. The lowest BCUT2D eigenvalue weighted by Crippen LogP contribution is -2.24. The molecule has 0 radical (unpaired) electrons. The molecular formula is C20H25IN2O. The number of nitrogens with zero attached hydrogens (tertiary/aromatic N) is 1. The van der Waals surface area contributed by atoms with Gasteiger partial charge < -0.3 is 5.32 Å². The molecule has 0 atom stereocenters. The Labute approximate surface area is 158 Å². The minimum absolute atomic E-state index is 0.0164. The molecule has 4 heteroatoms. The Hall–Kier alpha value is -1.40. The summed E-state index contributed by atoms with van der Waals surface area (Å²) in [6.07, 6.45) is 0. The maximum Gasteiger partial charge on any atom is 0.252 e. The maximum absolute atomic E-state index is 12.4. The fourth-order valence-corrected chi connectivity index (χ4v) is 3.25. The van der Waals surface area contributed by atoms with Gasteiger partial charge in [0.25, 0.3) is 5.91 Å². The van der Waals surface area contributed by atoms with E-state index in [1.807, 2.05) is 25.1 Å². The molecule has 1 amide bonds. The third kappa shape index (κ3) is 5.05. The highest BCUT2D eigenvalue weighted by Crippen LogP contribution is 2.17. The second-order valence-electron chi connectivity index (χ2n) is 5.90. The number of benzene rings is 2. The molecule has 2 aromatic rings. The number of carbonyl (C=O) groups excluding carboxylic acids is 1. The highest BCUT2D eigenvalue weighted by Gasteiger charge is 2.11. The molecule has 3 nitrogen and oxygen atoms in total. The van der Waals surface area contributed by atoms with Gasteiger partial charge in [0.1, 0.15) is 0 Å². The van der Waals surface area contributed by atoms with E-state index in [1.54, 1.807) is 0 Å². The molecule has 0 aromatic heterocycles. The zero-order valence-corrected chi connectivity index (χ0v) is 16.8. The van der Waals surface area contributed by atoms with Gasteiger partial charge in [-0.2, -0.15) is 0 Å². The van der Waals surface area contributed by atoms with Crippen LogP contribution in [-0.2, 0) is 13.1 Å². The van der Waals surface area contributed by atoms with Gasteiger partial charge in [-0.1, -0.05) is 50.2 Å². The smallest absolute Gasteiger partial charge is 0.252 e. The number of nitrogens with one attached hydrogen (secondary N) is 1. The summed E-state index contributed by atoms with van der Waals surface area (Å²) in [5.41, 5.74) is 4.30. The first-order chi connectivity index (χ1) is 11.5. The van der Waals surface area contributed by atoms with Crippen molar-refractivity contribution in [2.24, 2.45) is 0 Å². The molecule has 0 saturated heterocycles. The minimum Gasteiger partial charge on any atom is -0.348 e. The van der Waals surface area contributed by atoms with Crippen molar-refractivity contribution in [1.29, 1.82) is 0 Å². The summed E-state index contributed by atoms with van der Waals surface area (Å²) in [7, 11) is 0. The Bertz CT molecular complexity index is 696. The van der Waals surface area contributed by atoms with E-state index in [1.165, 1.54) is 5.56 Å². The zero-order chi connectivity index (χ0) is 17.5. The largest absolute Gasteiger partial charge is 0.348 e. The van der Waals surface area contributed by atoms with Gasteiger partial charge in [0.05, 0.1) is 5.56 Å². The van der Waals surface area contributed by atoms with Crippen LogP contribution in [0.4, 0.5) is 0 Å². The summed E-state index contributed by atoms with van der Waals surface area (Å²) in [6, 6.07) is 14.3. The molecule has 1 N–H and O–H groups in total. The number of carbonyl (C=O) groups is 1. The first kappa shape index (κ1) is 18.9. The third-order valence-corrected chi connectivity index (χ3v) is 5.61. The molecule has 0 saturated carbocycles. The van der Waals surface area contributed by atoms with Crippen molar-refractivity contribution < 1.29 is 4.79 Å². The van der Waals surface area contributed by atoms with Crippen LogP contribution >= 0.6 is 22.6 Å². The molecule has 128 valence electrons. The van der Waals surface area contributed by atoms with Gasteiger partial charge in [-0.3, -0.25) is 9.69 Å². The second-order valence-corrected chi connectivity index (χ2v) is 6.98. The van der Waals surface area contributed by atoms with Crippen LogP contribution in [0.1, 0.15) is 40.9 Å². The summed E-state index contributed by atoms with van der Waals surface area (Å²) in [5.74, 6) is -0.0164. The normalized spacial score (nSPS) is 10.9. The molecule has 2 rings (SSSR count). The Balaban J connectivity index is 2.01. The summed E-state index contributed by atoms with van der Waals surface area (Å²) < 4.78 is 1.02. The summed E-state index contributed by atoms with van der Waals surface area (Å²) in [6.45, 7) is 9.97. The van der Waals surface area contributed by atoms with Crippen molar-refractivity contribution >= 4 is 28.5 Å². The molecule has 0 heterocycles. The fraction of sp³-hybridized carbons (Fsp3) is 0.350. The predicted molar refractivity (Wildman–Crippen MR) is 108 cm³/mol. The quantitative estimate of drug-likeness (QED) is 0.654. The Morgan fingerprint density at radius 3 is 2.46 bits per heavy atom. The standard InChI is InChI=1S/C20H25IN2O/c1-4-23(5-2)14-17-10-7-9-16(12-17)13-22-20(24)18-11-6-8-15(3)19(18)21/h6-12H,4-5,13-14H2,1-3H3,(H,22,24). The Morgan fingerprint density at radius 2 is 1.75 bits per heavy atom. The van der Waals surface area contributed by atoms with Crippen molar-refractivity contribution in [3.05, 3.63) is 68.3 Å². The van der Waals surface area contributed by atoms with Crippen LogP contribution in [0.15, 0.2) is 42.5 Å². The van der Waals surface area contributed by atoms with E-state index in [0.29, 0.717) is 6.54 Å². The predicted octanol–water partition coefficient (Wildman–Crippen LogP) is 4.37. The van der Waals surface area contributed by atoms with Gasteiger partial charge in [-0.05, 0) is 65.4 Å². The van der Waals surface area contributed by atoms with Gasteiger partial charge >= 0.3 is 0 Å². The van der Waals surface area contributed by atoms with Crippen LogP contribution in [0.25, 0.3) is 0 Å². The molecule has 0 aliphatic heterocycles. The first-order valence-corrected chi connectivity index (χ1v) is 9.46. The number of hydrogen-bond donors (Lipinski definition) is 1. The number of rotatable bonds is 7. The van der Waals surface area contributed by atoms with Crippen molar-refractivity contribution in [2.75, 3.05) is 13.1 Å². The number of amides is 1. The topological polar surface area (TPSA) is 32.3 Å².